The van der Waals surface area contributed by atoms with Crippen LogP contribution in [0, 0.1) is 0 Å². The molecule has 18 nitrogen and oxygen atoms in total. The summed E-state index contributed by atoms with van der Waals surface area (Å²) in [7, 11) is -17.5. The van der Waals surface area contributed by atoms with Gasteiger partial charge in [0.2, 0.25) is 10.4 Å². The van der Waals surface area contributed by atoms with Gasteiger partial charge in [0.15, 0.2) is 0 Å². The molecule has 22 heteroatoms. The van der Waals surface area contributed by atoms with E-state index in [0.29, 0.717) is 0 Å². The summed E-state index contributed by atoms with van der Waals surface area (Å²) in [6.07, 6.45) is -2.36. The van der Waals surface area contributed by atoms with Gasteiger partial charge in [-0.05, 0) is 0 Å². The van der Waals surface area contributed by atoms with E-state index < -0.39 is 53.1 Å². The molecular formula is CH4N2O16S4. The Bertz CT molecular complexity index is 763. The van der Waals surface area contributed by atoms with Crippen molar-refractivity contribution in [2.24, 2.45) is 0 Å². The van der Waals surface area contributed by atoms with Crippen LogP contribution in [0.15, 0.2) is 0 Å². The first kappa shape index (κ1) is 20.4. The van der Waals surface area contributed by atoms with Crippen molar-refractivity contribution >= 4 is 41.6 Å². The van der Waals surface area contributed by atoms with E-state index in [2.05, 4.69) is 29.6 Å². The number of quaternary nitrogens is 1. The lowest BCUT2D eigenvalue weighted by molar-refractivity contribution is -0.462. The van der Waals surface area contributed by atoms with E-state index in [1.807, 2.05) is 0 Å². The molecule has 0 saturated carbocycles. The summed E-state index contributed by atoms with van der Waals surface area (Å²) in [5.41, 5.74) is 0. The third-order valence-corrected chi connectivity index (χ3v) is 3.82. The van der Waals surface area contributed by atoms with Gasteiger partial charge in [0, 0.05) is 0 Å². The van der Waals surface area contributed by atoms with E-state index in [0.717, 1.165) is 0 Å². The zero-order valence-corrected chi connectivity index (χ0v) is 13.4. The molecule has 0 radical (unpaired) electrons. The molecule has 3 aliphatic heterocycles. The molecule has 3 heterocycles. The minimum Gasteiger partial charge on any atom is -0.724 e. The maximum Gasteiger partial charge on any atom is 0.477 e. The van der Waals surface area contributed by atoms with Crippen LogP contribution in [0.5, 0.6) is 0 Å². The Balaban J connectivity index is 0.000000220. The highest BCUT2D eigenvalue weighted by atomic mass is 32.3. The molecule has 0 atom stereocenters. The van der Waals surface area contributed by atoms with Crippen molar-refractivity contribution in [3.63, 3.8) is 0 Å². The molecule has 0 amide bonds. The van der Waals surface area contributed by atoms with Gasteiger partial charge in [-0.15, -0.1) is 4.28 Å². The van der Waals surface area contributed by atoms with Crippen molar-refractivity contribution in [1.82, 2.24) is 11.5 Å². The molecule has 0 aromatic rings. The summed E-state index contributed by atoms with van der Waals surface area (Å²) in [5.74, 6) is 0. The van der Waals surface area contributed by atoms with Crippen LogP contribution in [-0.2, 0) is 71.2 Å². The van der Waals surface area contributed by atoms with Crippen LogP contribution in [0.3, 0.4) is 0 Å². The van der Waals surface area contributed by atoms with Gasteiger partial charge < -0.3 is 10.7 Å². The third kappa shape index (κ3) is 5.46. The molecule has 1 spiro atoms. The highest BCUT2D eigenvalue weighted by Gasteiger charge is 2.69. The fraction of sp³-hybridized carbons (Fsp3) is 1.00. The molecule has 3 saturated heterocycles. The molecule has 3 rings (SSSR count). The fourth-order valence-electron chi connectivity index (χ4n) is 0.822. The van der Waals surface area contributed by atoms with Crippen LogP contribution in [0.4, 0.5) is 0 Å². The summed E-state index contributed by atoms with van der Waals surface area (Å²) in [4.78, 5) is 0. The Kier molecular flexibility index (Phi) is 5.10. The molecule has 0 aromatic carbocycles. The van der Waals surface area contributed by atoms with Crippen molar-refractivity contribution in [3.05, 3.63) is 0 Å². The van der Waals surface area contributed by atoms with Crippen molar-refractivity contribution in [2.45, 2.75) is 6.16 Å². The minimum absolute atomic E-state index is 0. The largest absolute Gasteiger partial charge is 0.724 e. The number of rotatable bonds is 2. The quantitative estimate of drug-likeness (QED) is 0.328. The highest BCUT2D eigenvalue weighted by molar-refractivity contribution is 7.85. The summed E-state index contributed by atoms with van der Waals surface area (Å²) < 4.78 is 115. The minimum atomic E-state index is -5.07. The highest BCUT2D eigenvalue weighted by Crippen LogP contribution is 2.43. The summed E-state index contributed by atoms with van der Waals surface area (Å²) >= 11 is 0. The molecule has 3 aliphatic rings. The second kappa shape index (κ2) is 5.74. The lowest BCUT2D eigenvalue weighted by atomic mass is 11.2. The zero-order valence-electron chi connectivity index (χ0n) is 10.1. The Morgan fingerprint density at radius 3 is 1.39 bits per heavy atom. The predicted molar refractivity (Wildman–Crippen MR) is 54.6 cm³/mol. The van der Waals surface area contributed by atoms with E-state index in [1.165, 1.54) is 0 Å². The van der Waals surface area contributed by atoms with Gasteiger partial charge in [-0.2, -0.15) is 42.0 Å². The Hall–Kier alpha value is -0.600. The van der Waals surface area contributed by atoms with Gasteiger partial charge in [-0.1, -0.05) is 8.57 Å². The van der Waals surface area contributed by atoms with Gasteiger partial charge >= 0.3 is 37.4 Å². The molecule has 138 valence electrons. The van der Waals surface area contributed by atoms with Crippen molar-refractivity contribution in [1.29, 1.82) is 0 Å². The monoisotopic (exact) mass is 428 g/mol. The molecule has 23 heavy (non-hydrogen) atoms. The molecule has 0 bridgehead atoms. The van der Waals surface area contributed by atoms with Gasteiger partial charge in [-0.25, -0.2) is 8.42 Å². The number of nitrogens with zero attached hydrogens (tertiary/aromatic N) is 1. The molecule has 0 unspecified atom stereocenters. The van der Waals surface area contributed by atoms with Gasteiger partial charge in [0.1, 0.15) is 5.39 Å². The van der Waals surface area contributed by atoms with Gasteiger partial charge in [0.25, 0.3) is 0 Å². The second-order valence-corrected chi connectivity index (χ2v) is 7.29. The van der Waals surface area contributed by atoms with Crippen molar-refractivity contribution in [3.8, 4) is 0 Å². The molecule has 0 aromatic heterocycles. The smallest absolute Gasteiger partial charge is 0.477 e. The van der Waals surface area contributed by atoms with Crippen LogP contribution in [0.1, 0.15) is 0 Å². The topological polar surface area (TPSA) is 264 Å². The standard InChI is InChI=1S/CO8S2.HNO8S2.H3N/c2-10(3)6-1(7-10)8-11(4,5)9-1;2-10(3,4)7-1-8-11(5,6)9-1;/h;(H,2,3,4);1H3. The van der Waals surface area contributed by atoms with Gasteiger partial charge in [-0.3, -0.25) is 0 Å². The van der Waals surface area contributed by atoms with Crippen LogP contribution in [-0.4, -0.2) is 49.8 Å². The first-order valence-electron chi connectivity index (χ1n) is 4.03. The molecular weight excluding hydrogens is 424 g/mol. The van der Waals surface area contributed by atoms with Crippen molar-refractivity contribution < 1.29 is 67.8 Å². The predicted octanol–water partition coefficient (Wildman–Crippen LogP) is -3.64. The molecule has 0 aliphatic carbocycles. The molecule has 3 fully saturated rings. The van der Waals surface area contributed by atoms with Crippen molar-refractivity contribution in [2.75, 3.05) is 0 Å². The Labute approximate surface area is 127 Å². The second-order valence-electron chi connectivity index (χ2n) is 2.91. The zero-order chi connectivity index (χ0) is 17.0. The van der Waals surface area contributed by atoms with Crippen LogP contribution in [0.2, 0.25) is 0 Å². The maximum atomic E-state index is 10.1. The lowest BCUT2D eigenvalue weighted by Crippen LogP contribution is -2.63. The maximum absolute atomic E-state index is 10.1. The van der Waals surface area contributed by atoms with E-state index in [4.69, 9.17) is 0 Å². The SMILES string of the molecule is O=S(=O)([O-])ON1OS(=O)(=O)O1.O=S1(=O)OC2(O1)OS(=O)(=O)O2.[NH4+]. The number of hydrogen-bond donors (Lipinski definition) is 1. The Morgan fingerprint density at radius 1 is 0.826 bits per heavy atom. The first-order chi connectivity index (χ1) is 9.61. The van der Waals surface area contributed by atoms with E-state index in [-0.39, 0.29) is 6.15 Å². The average molecular weight is 428 g/mol. The van der Waals surface area contributed by atoms with E-state index in [9.17, 15) is 38.2 Å². The van der Waals surface area contributed by atoms with E-state index in [1.54, 1.807) is 0 Å². The third-order valence-electron chi connectivity index (χ3n) is 1.27. The van der Waals surface area contributed by atoms with Crippen LogP contribution < -0.4 is 6.15 Å². The first-order valence-corrected chi connectivity index (χ1v) is 9.36. The summed E-state index contributed by atoms with van der Waals surface area (Å²) in [6.45, 7) is 0. The molecule has 4 N–H and O–H groups in total. The van der Waals surface area contributed by atoms with Crippen LogP contribution in [0.25, 0.3) is 0 Å². The normalized spacial score (nSPS) is 28.7. The Morgan fingerprint density at radius 2 is 1.17 bits per heavy atom. The summed E-state index contributed by atoms with van der Waals surface area (Å²) in [5, 5.41) is -0.447. The summed E-state index contributed by atoms with van der Waals surface area (Å²) in [6, 6.07) is 0. The lowest BCUT2D eigenvalue weighted by Gasteiger charge is -2.39. The fourth-order valence-corrected chi connectivity index (χ4v) is 2.95. The van der Waals surface area contributed by atoms with E-state index >= 15 is 0 Å². The van der Waals surface area contributed by atoms with Crippen LogP contribution >= 0.6 is 0 Å². The number of hydrogen-bond acceptors (Lipinski definition) is 17. The average Bonchev–Trinajstić information content (AvgIpc) is 2.05. The van der Waals surface area contributed by atoms with Gasteiger partial charge in [0.05, 0.1) is 0 Å².